The highest BCUT2D eigenvalue weighted by Gasteiger charge is 2.19. The number of esters is 1. The molecule has 1 aromatic heterocycles. The van der Waals surface area contributed by atoms with Crippen LogP contribution in [0.5, 0.6) is 0 Å². The van der Waals surface area contributed by atoms with Crippen molar-refractivity contribution in [3.8, 4) is 0 Å². The number of ether oxygens (including phenoxy) is 1. The highest BCUT2D eigenvalue weighted by Crippen LogP contribution is 2.15. The third-order valence-electron chi connectivity index (χ3n) is 4.51. The predicted molar refractivity (Wildman–Crippen MR) is 107 cm³/mol. The molecule has 0 unspecified atom stereocenters. The second-order valence-electron chi connectivity index (χ2n) is 6.46. The third-order valence-corrected chi connectivity index (χ3v) is 4.51. The first kappa shape index (κ1) is 19.5. The fraction of sp³-hybridized carbons (Fsp3) is 0.273. The van der Waals surface area contributed by atoms with Crippen molar-refractivity contribution in [2.24, 2.45) is 0 Å². The zero-order valence-corrected chi connectivity index (χ0v) is 16.0. The van der Waals surface area contributed by atoms with E-state index in [9.17, 15) is 14.4 Å². The molecule has 0 amide bonds. The molecule has 0 radical (unpaired) electrons. The Kier molecular flexibility index (Phi) is 5.99. The summed E-state index contributed by atoms with van der Waals surface area (Å²) in [5.74, 6) is -1.01. The van der Waals surface area contributed by atoms with Gasteiger partial charge in [0.25, 0.3) is 5.56 Å². The Hall–Kier alpha value is -3.28. The summed E-state index contributed by atoms with van der Waals surface area (Å²) in [5, 5.41) is 4.93. The smallest absolute Gasteiger partial charge is 0.359 e. The Balaban J connectivity index is 1.79. The molecule has 2 aromatic carbocycles. The monoisotopic (exact) mass is 378 g/mol. The summed E-state index contributed by atoms with van der Waals surface area (Å²) in [6.45, 7) is 3.81. The van der Waals surface area contributed by atoms with Crippen LogP contribution in [0, 0.1) is 0 Å². The highest BCUT2D eigenvalue weighted by atomic mass is 16.5. The average Bonchev–Trinajstić information content (AvgIpc) is 2.73. The molecule has 3 rings (SSSR count). The highest BCUT2D eigenvalue weighted by molar-refractivity contribution is 6.04. The van der Waals surface area contributed by atoms with Crippen LogP contribution in [0.25, 0.3) is 10.8 Å². The second-order valence-corrected chi connectivity index (χ2v) is 6.46. The first-order valence-corrected chi connectivity index (χ1v) is 9.34. The molecular formula is C22H22N2O4. The summed E-state index contributed by atoms with van der Waals surface area (Å²) in [6.07, 6.45) is 1.99. The minimum Gasteiger partial charge on any atom is -0.452 e. The Labute approximate surface area is 162 Å². The number of carbonyl (C=O) groups is 2. The normalized spacial score (nSPS) is 10.8. The molecule has 0 spiro atoms. The minimum absolute atomic E-state index is 0.0307. The quantitative estimate of drug-likeness (QED) is 0.465. The van der Waals surface area contributed by atoms with Gasteiger partial charge >= 0.3 is 5.97 Å². The van der Waals surface area contributed by atoms with E-state index in [4.69, 9.17) is 4.74 Å². The molecule has 0 bridgehead atoms. The van der Waals surface area contributed by atoms with Crippen LogP contribution in [0.1, 0.15) is 46.7 Å². The summed E-state index contributed by atoms with van der Waals surface area (Å²) in [7, 11) is 0. The van der Waals surface area contributed by atoms with Gasteiger partial charge in [0, 0.05) is 17.5 Å². The zero-order chi connectivity index (χ0) is 20.1. The number of rotatable bonds is 7. The molecule has 0 aliphatic rings. The van der Waals surface area contributed by atoms with Gasteiger partial charge in [-0.1, -0.05) is 55.8 Å². The van der Waals surface area contributed by atoms with Crippen LogP contribution in [-0.2, 0) is 17.7 Å². The van der Waals surface area contributed by atoms with Crippen molar-refractivity contribution in [3.05, 3.63) is 75.7 Å². The number of aryl methyl sites for hydroxylation is 2. The van der Waals surface area contributed by atoms with E-state index in [-0.39, 0.29) is 23.6 Å². The van der Waals surface area contributed by atoms with Crippen LogP contribution in [0.3, 0.4) is 0 Å². The van der Waals surface area contributed by atoms with Gasteiger partial charge in [-0.15, -0.1) is 0 Å². The van der Waals surface area contributed by atoms with Gasteiger partial charge in [-0.05, 0) is 25.0 Å². The Morgan fingerprint density at radius 3 is 2.32 bits per heavy atom. The summed E-state index contributed by atoms with van der Waals surface area (Å²) in [4.78, 5) is 37.3. The van der Waals surface area contributed by atoms with Crippen molar-refractivity contribution in [3.63, 3.8) is 0 Å². The molecule has 0 N–H and O–H groups in total. The van der Waals surface area contributed by atoms with E-state index < -0.39 is 5.97 Å². The molecule has 144 valence electrons. The third kappa shape index (κ3) is 4.01. The van der Waals surface area contributed by atoms with Crippen LogP contribution in [0.4, 0.5) is 0 Å². The van der Waals surface area contributed by atoms with Crippen molar-refractivity contribution in [1.82, 2.24) is 9.78 Å². The number of hydrogen-bond donors (Lipinski definition) is 0. The van der Waals surface area contributed by atoms with Crippen LogP contribution in [0.2, 0.25) is 0 Å². The van der Waals surface area contributed by atoms with Gasteiger partial charge < -0.3 is 4.74 Å². The van der Waals surface area contributed by atoms with E-state index in [1.807, 2.05) is 12.1 Å². The summed E-state index contributed by atoms with van der Waals surface area (Å²) < 4.78 is 6.42. The van der Waals surface area contributed by atoms with Crippen molar-refractivity contribution in [2.75, 3.05) is 6.61 Å². The van der Waals surface area contributed by atoms with Crippen molar-refractivity contribution in [1.29, 1.82) is 0 Å². The maximum atomic E-state index is 12.6. The van der Waals surface area contributed by atoms with E-state index in [0.717, 1.165) is 18.4 Å². The number of ketones is 1. The molecule has 0 fully saturated rings. The summed E-state index contributed by atoms with van der Waals surface area (Å²) >= 11 is 0. The van der Waals surface area contributed by atoms with Gasteiger partial charge in [-0.2, -0.15) is 5.10 Å². The molecule has 0 atom stereocenters. The van der Waals surface area contributed by atoms with Gasteiger partial charge in [0.05, 0.1) is 5.39 Å². The Bertz CT molecular complexity index is 1070. The largest absolute Gasteiger partial charge is 0.452 e. The molecule has 0 aliphatic heterocycles. The van der Waals surface area contributed by atoms with E-state index in [1.165, 1.54) is 4.68 Å². The molecule has 3 aromatic rings. The topological polar surface area (TPSA) is 78.3 Å². The molecule has 1 heterocycles. The van der Waals surface area contributed by atoms with Gasteiger partial charge in [0.2, 0.25) is 0 Å². The molecule has 0 saturated carbocycles. The zero-order valence-electron chi connectivity index (χ0n) is 16.0. The van der Waals surface area contributed by atoms with E-state index >= 15 is 0 Å². The Morgan fingerprint density at radius 2 is 1.68 bits per heavy atom. The fourth-order valence-corrected chi connectivity index (χ4v) is 3.03. The number of nitrogens with zero attached hydrogens (tertiary/aromatic N) is 2. The number of carbonyl (C=O) groups excluding carboxylic acids is 2. The van der Waals surface area contributed by atoms with E-state index in [0.29, 0.717) is 22.9 Å². The van der Waals surface area contributed by atoms with Gasteiger partial charge in [0.15, 0.2) is 18.1 Å². The van der Waals surface area contributed by atoms with Crippen LogP contribution < -0.4 is 5.56 Å². The fourth-order valence-electron chi connectivity index (χ4n) is 3.03. The number of benzene rings is 2. The van der Waals surface area contributed by atoms with Crippen molar-refractivity contribution in [2.45, 2.75) is 33.2 Å². The predicted octanol–water partition coefficient (Wildman–Crippen LogP) is 3.41. The lowest BCUT2D eigenvalue weighted by Gasteiger charge is -2.09. The molecule has 6 nitrogen and oxygen atoms in total. The number of Topliss-reactive ketones (excluding diaryl/α,β-unsaturated/α-hetero) is 1. The van der Waals surface area contributed by atoms with Gasteiger partial charge in [-0.25, -0.2) is 9.48 Å². The van der Waals surface area contributed by atoms with E-state index in [1.54, 1.807) is 43.3 Å². The Morgan fingerprint density at radius 1 is 1.00 bits per heavy atom. The average molecular weight is 378 g/mol. The minimum atomic E-state index is -0.727. The lowest BCUT2D eigenvalue weighted by molar-refractivity contribution is 0.0468. The molecule has 28 heavy (non-hydrogen) atoms. The molecule has 0 saturated heterocycles. The van der Waals surface area contributed by atoms with Crippen LogP contribution in [-0.4, -0.2) is 28.1 Å². The number of aromatic nitrogens is 2. The van der Waals surface area contributed by atoms with Crippen molar-refractivity contribution < 1.29 is 14.3 Å². The van der Waals surface area contributed by atoms with Crippen molar-refractivity contribution >= 4 is 22.5 Å². The summed E-state index contributed by atoms with van der Waals surface area (Å²) in [5.41, 5.74) is 1.42. The summed E-state index contributed by atoms with van der Waals surface area (Å²) in [6, 6.07) is 14.0. The maximum Gasteiger partial charge on any atom is 0.359 e. The lowest BCUT2D eigenvalue weighted by atomic mass is 10.1. The lowest BCUT2D eigenvalue weighted by Crippen LogP contribution is -2.26. The maximum absolute atomic E-state index is 12.6. The SMILES string of the molecule is CCCc1ccc(C(=O)COC(=O)c2nn(CC)c(=O)c3ccccc23)cc1. The standard InChI is InChI=1S/C22H22N2O4/c1-3-7-15-10-12-16(13-11-15)19(25)14-28-22(27)20-17-8-5-6-9-18(17)21(26)24(4-2)23-20/h5-6,8-13H,3-4,7,14H2,1-2H3. The number of fused-ring (bicyclic) bond motifs is 1. The first-order valence-electron chi connectivity index (χ1n) is 9.34. The molecular weight excluding hydrogens is 356 g/mol. The molecule has 0 aliphatic carbocycles. The van der Waals surface area contributed by atoms with Gasteiger partial charge in [-0.3, -0.25) is 9.59 Å². The molecule has 6 heteroatoms. The van der Waals surface area contributed by atoms with E-state index in [2.05, 4.69) is 12.0 Å². The van der Waals surface area contributed by atoms with Crippen LogP contribution in [0.15, 0.2) is 53.3 Å². The number of hydrogen-bond acceptors (Lipinski definition) is 5. The second kappa shape index (κ2) is 8.61. The van der Waals surface area contributed by atoms with Gasteiger partial charge in [0.1, 0.15) is 0 Å². The first-order chi connectivity index (χ1) is 13.5. The van der Waals surface area contributed by atoms with Crippen LogP contribution >= 0.6 is 0 Å².